The van der Waals surface area contributed by atoms with Crippen molar-refractivity contribution in [3.63, 3.8) is 0 Å². The summed E-state index contributed by atoms with van der Waals surface area (Å²) in [4.78, 5) is 15.9. The highest BCUT2D eigenvalue weighted by Crippen LogP contribution is 2.12. The molecule has 0 radical (unpaired) electrons. The molecule has 0 saturated heterocycles. The van der Waals surface area contributed by atoms with Crippen LogP contribution in [0.3, 0.4) is 0 Å². The van der Waals surface area contributed by atoms with E-state index in [0.29, 0.717) is 16.7 Å². The summed E-state index contributed by atoms with van der Waals surface area (Å²) in [5.74, 6) is -0.153. The normalized spacial score (nSPS) is 10.3. The Bertz CT molecular complexity index is 553. The van der Waals surface area contributed by atoms with Crippen molar-refractivity contribution in [2.45, 2.75) is 20.0 Å². The quantitative estimate of drug-likeness (QED) is 0.879. The number of carbonyl (C=O) groups excluding carboxylic acids is 1. The second kappa shape index (κ2) is 5.77. The Balaban J connectivity index is 1.98. The van der Waals surface area contributed by atoms with Crippen LogP contribution in [0.5, 0.6) is 0 Å². The van der Waals surface area contributed by atoms with Gasteiger partial charge < -0.3 is 5.32 Å². The molecule has 18 heavy (non-hydrogen) atoms. The number of carbonyl (C=O) groups is 1. The predicted molar refractivity (Wildman–Crippen MR) is 71.0 cm³/mol. The van der Waals surface area contributed by atoms with E-state index in [1.54, 1.807) is 24.5 Å². The van der Waals surface area contributed by atoms with Crippen LogP contribution in [0.1, 0.15) is 22.8 Å². The Morgan fingerprint density at radius 1 is 1.56 bits per heavy atom. The Hall–Kier alpha value is -1.69. The zero-order valence-electron chi connectivity index (χ0n) is 9.93. The van der Waals surface area contributed by atoms with Crippen LogP contribution in [-0.4, -0.2) is 20.7 Å². The van der Waals surface area contributed by atoms with Gasteiger partial charge in [0.25, 0.3) is 5.91 Å². The van der Waals surface area contributed by atoms with E-state index in [0.717, 1.165) is 12.1 Å². The maximum absolute atomic E-state index is 11.9. The fourth-order valence-corrected chi connectivity index (χ4v) is 1.93. The zero-order chi connectivity index (χ0) is 13.0. The molecule has 0 aliphatic rings. The van der Waals surface area contributed by atoms with Crippen LogP contribution in [0.2, 0.25) is 0 Å². The highest BCUT2D eigenvalue weighted by atomic mass is 79.9. The van der Waals surface area contributed by atoms with E-state index in [9.17, 15) is 4.79 Å². The largest absolute Gasteiger partial charge is 0.348 e. The SMILES string of the molecule is CCn1cc(CNC(=O)c2cccnc2Br)cn1. The van der Waals surface area contributed by atoms with Crippen molar-refractivity contribution in [1.29, 1.82) is 0 Å². The molecule has 0 atom stereocenters. The third kappa shape index (κ3) is 2.95. The molecule has 0 saturated carbocycles. The number of rotatable bonds is 4. The van der Waals surface area contributed by atoms with Crippen molar-refractivity contribution < 1.29 is 4.79 Å². The summed E-state index contributed by atoms with van der Waals surface area (Å²) in [5, 5.41) is 6.98. The maximum Gasteiger partial charge on any atom is 0.254 e. The number of nitrogens with one attached hydrogen (secondary N) is 1. The Labute approximate surface area is 113 Å². The predicted octanol–water partition coefficient (Wildman–Crippen LogP) is 1.99. The van der Waals surface area contributed by atoms with Crippen LogP contribution < -0.4 is 5.32 Å². The lowest BCUT2D eigenvalue weighted by molar-refractivity contribution is 0.0949. The van der Waals surface area contributed by atoms with Crippen molar-refractivity contribution in [2.75, 3.05) is 0 Å². The number of aromatic nitrogens is 3. The van der Waals surface area contributed by atoms with E-state index in [2.05, 4.69) is 31.3 Å². The standard InChI is InChI=1S/C12H13BrN4O/c1-2-17-8-9(7-16-17)6-15-12(18)10-4-3-5-14-11(10)13/h3-5,7-8H,2,6H2,1H3,(H,15,18). The van der Waals surface area contributed by atoms with Gasteiger partial charge in [0.2, 0.25) is 0 Å². The van der Waals surface area contributed by atoms with Gasteiger partial charge in [0.15, 0.2) is 0 Å². The molecule has 0 aliphatic heterocycles. The molecule has 0 bridgehead atoms. The maximum atomic E-state index is 11.9. The lowest BCUT2D eigenvalue weighted by Crippen LogP contribution is -2.23. The molecule has 0 aliphatic carbocycles. The first-order valence-corrected chi connectivity index (χ1v) is 6.40. The topological polar surface area (TPSA) is 59.8 Å². The summed E-state index contributed by atoms with van der Waals surface area (Å²) in [6.07, 6.45) is 5.30. The summed E-state index contributed by atoms with van der Waals surface area (Å²) in [6.45, 7) is 3.30. The van der Waals surface area contributed by atoms with Crippen molar-refractivity contribution in [3.8, 4) is 0 Å². The first-order chi connectivity index (χ1) is 8.70. The highest BCUT2D eigenvalue weighted by Gasteiger charge is 2.09. The first-order valence-electron chi connectivity index (χ1n) is 5.60. The van der Waals surface area contributed by atoms with E-state index < -0.39 is 0 Å². The molecule has 2 heterocycles. The fraction of sp³-hybridized carbons (Fsp3) is 0.250. The fourth-order valence-electron chi connectivity index (χ4n) is 1.50. The molecule has 0 spiro atoms. The molecule has 0 aromatic carbocycles. The minimum Gasteiger partial charge on any atom is -0.348 e. The van der Waals surface area contributed by atoms with E-state index in [1.165, 1.54) is 0 Å². The summed E-state index contributed by atoms with van der Waals surface area (Å²) in [6, 6.07) is 3.46. The van der Waals surface area contributed by atoms with E-state index in [-0.39, 0.29) is 5.91 Å². The van der Waals surface area contributed by atoms with Gasteiger partial charge in [-0.15, -0.1) is 0 Å². The number of amides is 1. The summed E-state index contributed by atoms with van der Waals surface area (Å²) < 4.78 is 2.37. The number of nitrogens with zero attached hydrogens (tertiary/aromatic N) is 3. The third-order valence-corrected chi connectivity index (χ3v) is 3.10. The molecule has 1 amide bonds. The van der Waals surface area contributed by atoms with Crippen molar-refractivity contribution in [2.24, 2.45) is 0 Å². The van der Waals surface area contributed by atoms with Gasteiger partial charge in [-0.1, -0.05) is 0 Å². The molecule has 0 unspecified atom stereocenters. The van der Waals surface area contributed by atoms with Gasteiger partial charge in [0.1, 0.15) is 4.60 Å². The molecule has 2 rings (SSSR count). The van der Waals surface area contributed by atoms with Crippen LogP contribution >= 0.6 is 15.9 Å². The van der Waals surface area contributed by atoms with Crippen LogP contribution in [0, 0.1) is 0 Å². The average Bonchev–Trinajstić information content (AvgIpc) is 2.84. The monoisotopic (exact) mass is 308 g/mol. The molecule has 0 fully saturated rings. The molecule has 6 heteroatoms. The van der Waals surface area contributed by atoms with Crippen molar-refractivity contribution in [3.05, 3.63) is 46.5 Å². The van der Waals surface area contributed by atoms with E-state index in [1.807, 2.05) is 17.8 Å². The van der Waals surface area contributed by atoms with Crippen LogP contribution in [-0.2, 0) is 13.1 Å². The summed E-state index contributed by atoms with van der Waals surface area (Å²) in [5.41, 5.74) is 1.51. The van der Waals surface area contributed by atoms with E-state index >= 15 is 0 Å². The zero-order valence-corrected chi connectivity index (χ0v) is 11.5. The molecule has 1 N–H and O–H groups in total. The number of pyridine rings is 1. The van der Waals surface area contributed by atoms with Gasteiger partial charge in [0, 0.05) is 31.0 Å². The van der Waals surface area contributed by atoms with Gasteiger partial charge in [-0.3, -0.25) is 9.48 Å². The van der Waals surface area contributed by atoms with E-state index in [4.69, 9.17) is 0 Å². The Morgan fingerprint density at radius 3 is 3.06 bits per heavy atom. The molecule has 2 aromatic rings. The summed E-state index contributed by atoms with van der Waals surface area (Å²) in [7, 11) is 0. The van der Waals surface area contributed by atoms with Gasteiger partial charge >= 0.3 is 0 Å². The molecule has 2 aromatic heterocycles. The number of halogens is 1. The second-order valence-electron chi connectivity index (χ2n) is 3.73. The molecular formula is C12H13BrN4O. The molecular weight excluding hydrogens is 296 g/mol. The Morgan fingerprint density at radius 2 is 2.39 bits per heavy atom. The smallest absolute Gasteiger partial charge is 0.254 e. The third-order valence-electron chi connectivity index (χ3n) is 2.47. The van der Waals surface area contributed by atoms with Gasteiger partial charge in [-0.2, -0.15) is 5.10 Å². The Kier molecular flexibility index (Phi) is 4.09. The van der Waals surface area contributed by atoms with Crippen molar-refractivity contribution >= 4 is 21.8 Å². The second-order valence-corrected chi connectivity index (χ2v) is 4.48. The van der Waals surface area contributed by atoms with Crippen LogP contribution in [0.15, 0.2) is 35.3 Å². The lowest BCUT2D eigenvalue weighted by atomic mass is 10.2. The number of aryl methyl sites for hydroxylation is 1. The van der Waals surface area contributed by atoms with Gasteiger partial charge in [0.05, 0.1) is 11.8 Å². The minimum absolute atomic E-state index is 0.153. The number of hydrogen-bond acceptors (Lipinski definition) is 3. The molecule has 5 nitrogen and oxygen atoms in total. The van der Waals surface area contributed by atoms with Crippen LogP contribution in [0.4, 0.5) is 0 Å². The summed E-state index contributed by atoms with van der Waals surface area (Å²) >= 11 is 3.25. The average molecular weight is 309 g/mol. The number of hydrogen-bond donors (Lipinski definition) is 1. The lowest BCUT2D eigenvalue weighted by Gasteiger charge is -2.04. The first kappa shape index (κ1) is 12.8. The highest BCUT2D eigenvalue weighted by molar-refractivity contribution is 9.10. The van der Waals surface area contributed by atoms with Gasteiger partial charge in [-0.05, 0) is 35.0 Å². The minimum atomic E-state index is -0.153. The van der Waals surface area contributed by atoms with Crippen molar-refractivity contribution in [1.82, 2.24) is 20.1 Å². The molecule has 94 valence electrons. The van der Waals surface area contributed by atoms with Gasteiger partial charge in [-0.25, -0.2) is 4.98 Å². The van der Waals surface area contributed by atoms with Crippen LogP contribution in [0.25, 0.3) is 0 Å².